The number of morpholine rings is 1. The summed E-state index contributed by atoms with van der Waals surface area (Å²) in [4.78, 5) is 19.6. The third-order valence-electron chi connectivity index (χ3n) is 3.71. The van der Waals surface area contributed by atoms with Crippen molar-refractivity contribution in [2.75, 3.05) is 13.1 Å². The van der Waals surface area contributed by atoms with E-state index in [0.717, 1.165) is 16.1 Å². The molecule has 0 saturated carbocycles. The third kappa shape index (κ3) is 3.48. The first-order valence-corrected chi connectivity index (χ1v) is 9.05. The van der Waals surface area contributed by atoms with Gasteiger partial charge in [0, 0.05) is 11.4 Å². The average Bonchev–Trinajstić information content (AvgIpc) is 3.15. The van der Waals surface area contributed by atoms with Gasteiger partial charge in [0.05, 0.1) is 30.4 Å². The maximum Gasteiger partial charge on any atom is 0.317 e. The van der Waals surface area contributed by atoms with Crippen molar-refractivity contribution in [3.8, 4) is 0 Å². The molecule has 3 rings (SSSR count). The van der Waals surface area contributed by atoms with Gasteiger partial charge in [0.1, 0.15) is 6.10 Å². The highest BCUT2D eigenvalue weighted by Gasteiger charge is 2.29. The van der Waals surface area contributed by atoms with E-state index < -0.39 is 0 Å². The van der Waals surface area contributed by atoms with Gasteiger partial charge in [-0.1, -0.05) is 0 Å². The molecule has 2 aromatic heterocycles. The minimum absolute atomic E-state index is 0.0362. The van der Waals surface area contributed by atoms with Gasteiger partial charge in [0.25, 0.3) is 0 Å². The van der Waals surface area contributed by atoms with Crippen LogP contribution in [-0.2, 0) is 11.3 Å². The zero-order chi connectivity index (χ0) is 15.5. The van der Waals surface area contributed by atoms with Gasteiger partial charge < -0.3 is 15.0 Å². The van der Waals surface area contributed by atoms with Crippen LogP contribution in [0.1, 0.15) is 29.2 Å². The van der Waals surface area contributed by atoms with E-state index in [2.05, 4.69) is 21.7 Å². The van der Waals surface area contributed by atoms with Crippen LogP contribution in [0.25, 0.3) is 0 Å². The number of carbonyl (C=O) groups is 1. The molecule has 0 radical (unpaired) electrons. The summed E-state index contributed by atoms with van der Waals surface area (Å²) in [5.74, 6) is 0. The summed E-state index contributed by atoms with van der Waals surface area (Å²) in [6, 6.07) is 2.02. The number of urea groups is 1. The number of ether oxygens (including phenoxy) is 1. The van der Waals surface area contributed by atoms with Crippen molar-refractivity contribution >= 4 is 28.7 Å². The molecule has 0 aliphatic carbocycles. The van der Waals surface area contributed by atoms with Gasteiger partial charge in [-0.2, -0.15) is 11.3 Å². The Kier molecular flexibility index (Phi) is 4.75. The number of carbonyl (C=O) groups excluding carboxylic acids is 1. The third-order valence-corrected chi connectivity index (χ3v) is 5.34. The van der Waals surface area contributed by atoms with Gasteiger partial charge in [-0.25, -0.2) is 9.78 Å². The Morgan fingerprint density at radius 1 is 1.55 bits per heavy atom. The van der Waals surface area contributed by atoms with E-state index in [4.69, 9.17) is 4.74 Å². The second kappa shape index (κ2) is 6.76. The van der Waals surface area contributed by atoms with E-state index in [-0.39, 0.29) is 18.2 Å². The lowest BCUT2D eigenvalue weighted by Gasteiger charge is -2.36. The van der Waals surface area contributed by atoms with Crippen molar-refractivity contribution in [3.63, 3.8) is 0 Å². The van der Waals surface area contributed by atoms with Crippen molar-refractivity contribution in [3.05, 3.63) is 38.5 Å². The second-order valence-electron chi connectivity index (χ2n) is 5.42. The van der Waals surface area contributed by atoms with E-state index in [1.54, 1.807) is 28.2 Å². The molecule has 5 nitrogen and oxygen atoms in total. The normalized spacial score (nSPS) is 21.8. The van der Waals surface area contributed by atoms with Crippen molar-refractivity contribution in [2.24, 2.45) is 0 Å². The summed E-state index contributed by atoms with van der Waals surface area (Å²) in [6.45, 7) is 5.71. The summed E-state index contributed by atoms with van der Waals surface area (Å²) >= 11 is 3.22. The van der Waals surface area contributed by atoms with Crippen molar-refractivity contribution in [2.45, 2.75) is 32.6 Å². The maximum absolute atomic E-state index is 12.4. The summed E-state index contributed by atoms with van der Waals surface area (Å²) in [6.07, 6.45) is 0.000399. The van der Waals surface area contributed by atoms with Crippen LogP contribution < -0.4 is 5.32 Å². The van der Waals surface area contributed by atoms with Crippen LogP contribution in [0.4, 0.5) is 4.79 Å². The Morgan fingerprint density at radius 3 is 3.09 bits per heavy atom. The topological polar surface area (TPSA) is 54.5 Å². The van der Waals surface area contributed by atoms with Gasteiger partial charge in [-0.05, 0) is 36.2 Å². The number of nitrogens with one attached hydrogen (secondary N) is 1. The molecule has 1 saturated heterocycles. The van der Waals surface area contributed by atoms with Crippen LogP contribution in [0.3, 0.4) is 0 Å². The maximum atomic E-state index is 12.4. The van der Waals surface area contributed by atoms with Gasteiger partial charge in [0.2, 0.25) is 0 Å². The Morgan fingerprint density at radius 2 is 2.41 bits per heavy atom. The summed E-state index contributed by atoms with van der Waals surface area (Å²) in [7, 11) is 0. The van der Waals surface area contributed by atoms with Crippen LogP contribution in [0.15, 0.2) is 22.3 Å². The van der Waals surface area contributed by atoms with Crippen LogP contribution in [0.2, 0.25) is 0 Å². The van der Waals surface area contributed by atoms with Crippen LogP contribution in [0, 0.1) is 6.92 Å². The molecule has 0 aromatic carbocycles. The molecule has 1 aliphatic rings. The molecule has 2 amide bonds. The minimum atomic E-state index is -0.0387. The zero-order valence-electron chi connectivity index (χ0n) is 12.6. The Hall–Kier alpha value is -1.44. The lowest BCUT2D eigenvalue weighted by atomic mass is 10.1. The number of aryl methyl sites for hydroxylation is 1. The van der Waals surface area contributed by atoms with E-state index in [1.807, 2.05) is 24.1 Å². The smallest absolute Gasteiger partial charge is 0.317 e. The van der Waals surface area contributed by atoms with Crippen LogP contribution >= 0.6 is 22.7 Å². The van der Waals surface area contributed by atoms with Gasteiger partial charge in [-0.15, -0.1) is 11.3 Å². The number of thiazole rings is 1. The van der Waals surface area contributed by atoms with E-state index >= 15 is 0 Å². The molecule has 2 atom stereocenters. The highest BCUT2D eigenvalue weighted by Crippen LogP contribution is 2.26. The summed E-state index contributed by atoms with van der Waals surface area (Å²) in [5, 5.41) is 7.11. The predicted molar refractivity (Wildman–Crippen MR) is 88.3 cm³/mol. The standard InChI is InChI=1S/C15H19N3O2S2/c1-10-6-18(7-13(20-10)12-3-4-21-8-12)15(19)16-5-14-11(2)17-9-22-14/h3-4,8-10,13H,5-7H2,1-2H3,(H,16,19)/t10-,13+/m0/s1. The fourth-order valence-electron chi connectivity index (χ4n) is 2.52. The number of aromatic nitrogens is 1. The van der Waals surface area contributed by atoms with E-state index in [0.29, 0.717) is 19.6 Å². The highest BCUT2D eigenvalue weighted by molar-refractivity contribution is 7.09. The molecule has 1 fully saturated rings. The SMILES string of the molecule is Cc1ncsc1CNC(=O)N1C[C@H](C)O[C@@H](c2ccsc2)C1. The number of rotatable bonds is 3. The Bertz CT molecular complexity index is 627. The number of nitrogens with zero attached hydrogens (tertiary/aromatic N) is 2. The van der Waals surface area contributed by atoms with E-state index in [1.165, 1.54) is 0 Å². The van der Waals surface area contributed by atoms with E-state index in [9.17, 15) is 4.79 Å². The molecule has 2 aromatic rings. The lowest BCUT2D eigenvalue weighted by Crippen LogP contribution is -2.49. The monoisotopic (exact) mass is 337 g/mol. The first-order chi connectivity index (χ1) is 10.6. The largest absolute Gasteiger partial charge is 0.367 e. The molecule has 1 N–H and O–H groups in total. The van der Waals surface area contributed by atoms with Gasteiger partial charge in [0.15, 0.2) is 0 Å². The first kappa shape index (κ1) is 15.5. The summed E-state index contributed by atoms with van der Waals surface area (Å²) < 4.78 is 5.96. The number of amides is 2. The highest BCUT2D eigenvalue weighted by atomic mass is 32.1. The molecular weight excluding hydrogens is 318 g/mol. The lowest BCUT2D eigenvalue weighted by molar-refractivity contribution is -0.0655. The molecule has 0 unspecified atom stereocenters. The van der Waals surface area contributed by atoms with Gasteiger partial charge in [-0.3, -0.25) is 0 Å². The minimum Gasteiger partial charge on any atom is -0.367 e. The Labute approximate surface area is 137 Å². The quantitative estimate of drug-likeness (QED) is 0.936. The average molecular weight is 337 g/mol. The predicted octanol–water partition coefficient (Wildman–Crippen LogP) is 3.18. The van der Waals surface area contributed by atoms with Crippen LogP contribution in [-0.4, -0.2) is 35.1 Å². The first-order valence-electron chi connectivity index (χ1n) is 7.22. The summed E-state index contributed by atoms with van der Waals surface area (Å²) in [5.41, 5.74) is 3.93. The van der Waals surface area contributed by atoms with Crippen molar-refractivity contribution in [1.29, 1.82) is 0 Å². The molecule has 22 heavy (non-hydrogen) atoms. The van der Waals surface area contributed by atoms with Crippen molar-refractivity contribution in [1.82, 2.24) is 15.2 Å². The number of hydrogen-bond donors (Lipinski definition) is 1. The fraction of sp³-hybridized carbons (Fsp3) is 0.467. The molecule has 0 spiro atoms. The van der Waals surface area contributed by atoms with Crippen LogP contribution in [0.5, 0.6) is 0 Å². The zero-order valence-corrected chi connectivity index (χ0v) is 14.2. The number of thiophene rings is 1. The molecule has 118 valence electrons. The molecule has 3 heterocycles. The number of hydrogen-bond acceptors (Lipinski definition) is 5. The molecule has 1 aliphatic heterocycles. The second-order valence-corrected chi connectivity index (χ2v) is 7.14. The fourth-order valence-corrected chi connectivity index (χ4v) is 3.94. The van der Waals surface area contributed by atoms with Gasteiger partial charge >= 0.3 is 6.03 Å². The molecule has 0 bridgehead atoms. The van der Waals surface area contributed by atoms with Crippen molar-refractivity contribution < 1.29 is 9.53 Å². The Balaban J connectivity index is 1.60. The molecule has 7 heteroatoms. The molecular formula is C15H19N3O2S2.